The maximum absolute atomic E-state index is 11.1. The number of aliphatic carboxylic acids is 1. The first-order valence-corrected chi connectivity index (χ1v) is 6.17. The average Bonchev–Trinajstić information content (AvgIpc) is 2.91. The largest absolute Gasteiger partial charge is 0.481 e. The van der Waals surface area contributed by atoms with Crippen LogP contribution in [0.15, 0.2) is 27.4 Å². The molecule has 0 atom stereocenters. The third kappa shape index (κ3) is 1.76. The highest BCUT2D eigenvalue weighted by Crippen LogP contribution is 2.51. The highest BCUT2D eigenvalue weighted by molar-refractivity contribution is 7.16. The van der Waals surface area contributed by atoms with Crippen molar-refractivity contribution in [1.82, 2.24) is 0 Å². The molecule has 0 bridgehead atoms. The van der Waals surface area contributed by atoms with Gasteiger partial charge in [-0.2, -0.15) is 0 Å². The minimum absolute atomic E-state index is 0.158. The molecule has 0 unspecified atom stereocenters. The molecular formula is C12H10O4S. The van der Waals surface area contributed by atoms with Gasteiger partial charge < -0.3 is 9.52 Å². The van der Waals surface area contributed by atoms with E-state index >= 15 is 0 Å². The molecule has 3 rings (SSSR count). The molecule has 1 N–H and O–H groups in total. The van der Waals surface area contributed by atoms with E-state index in [1.54, 1.807) is 6.07 Å². The van der Waals surface area contributed by atoms with Gasteiger partial charge >= 0.3 is 10.9 Å². The first-order chi connectivity index (χ1) is 8.09. The Morgan fingerprint density at radius 1 is 1.47 bits per heavy atom. The van der Waals surface area contributed by atoms with Crippen LogP contribution in [-0.4, -0.2) is 11.1 Å². The van der Waals surface area contributed by atoms with Crippen molar-refractivity contribution in [3.8, 4) is 0 Å². The molecular weight excluding hydrogens is 240 g/mol. The molecule has 1 aliphatic rings. The fourth-order valence-corrected chi connectivity index (χ4v) is 2.92. The van der Waals surface area contributed by atoms with Gasteiger partial charge in [0.2, 0.25) is 0 Å². The second kappa shape index (κ2) is 3.43. The zero-order valence-electron chi connectivity index (χ0n) is 8.93. The Kier molecular flexibility index (Phi) is 2.13. The van der Waals surface area contributed by atoms with Gasteiger partial charge in [0.05, 0.1) is 11.1 Å². The zero-order chi connectivity index (χ0) is 12.0. The van der Waals surface area contributed by atoms with Crippen LogP contribution in [0.1, 0.15) is 24.8 Å². The van der Waals surface area contributed by atoms with Crippen molar-refractivity contribution >= 4 is 27.6 Å². The molecule has 1 heterocycles. The number of carbonyl (C=O) groups is 1. The Labute approximate surface area is 100 Å². The first kappa shape index (κ1) is 10.5. The molecule has 0 radical (unpaired) electrons. The normalized spacial score (nSPS) is 17.2. The summed E-state index contributed by atoms with van der Waals surface area (Å²) in [6.07, 6.45) is 1.96. The Hall–Kier alpha value is -1.62. The van der Waals surface area contributed by atoms with Crippen LogP contribution in [0.25, 0.3) is 10.3 Å². The summed E-state index contributed by atoms with van der Waals surface area (Å²) < 4.78 is 5.78. The van der Waals surface area contributed by atoms with Gasteiger partial charge in [-0.3, -0.25) is 4.79 Å². The van der Waals surface area contributed by atoms with E-state index in [-0.39, 0.29) is 16.8 Å². The molecule has 1 aliphatic carbocycles. The number of hydrogen-bond donors (Lipinski definition) is 1. The molecule has 0 saturated heterocycles. The van der Waals surface area contributed by atoms with E-state index in [0.29, 0.717) is 5.58 Å². The molecule has 88 valence electrons. The molecule has 4 nitrogen and oxygen atoms in total. The zero-order valence-corrected chi connectivity index (χ0v) is 9.75. The Morgan fingerprint density at radius 2 is 2.24 bits per heavy atom. The maximum Gasteiger partial charge on any atom is 0.396 e. The minimum Gasteiger partial charge on any atom is -0.481 e. The summed E-state index contributed by atoms with van der Waals surface area (Å²) in [7, 11) is 0. The summed E-state index contributed by atoms with van der Waals surface area (Å²) in [5.41, 5.74) is 1.37. The molecule has 1 saturated carbocycles. The van der Waals surface area contributed by atoms with Gasteiger partial charge in [0.1, 0.15) is 5.58 Å². The van der Waals surface area contributed by atoms with Crippen molar-refractivity contribution in [3.63, 3.8) is 0 Å². The monoisotopic (exact) mass is 250 g/mol. The van der Waals surface area contributed by atoms with Crippen LogP contribution in [0, 0.1) is 0 Å². The molecule has 17 heavy (non-hydrogen) atoms. The van der Waals surface area contributed by atoms with Crippen molar-refractivity contribution < 1.29 is 14.3 Å². The second-order valence-corrected chi connectivity index (χ2v) is 5.44. The molecule has 1 aromatic carbocycles. The summed E-state index contributed by atoms with van der Waals surface area (Å²) in [6, 6.07) is 5.51. The van der Waals surface area contributed by atoms with E-state index in [1.165, 1.54) is 0 Å². The van der Waals surface area contributed by atoms with E-state index in [2.05, 4.69) is 0 Å². The fourth-order valence-electron chi connectivity index (χ4n) is 2.21. The van der Waals surface area contributed by atoms with Crippen molar-refractivity contribution in [3.05, 3.63) is 33.5 Å². The number of hydrogen-bond acceptors (Lipinski definition) is 4. The van der Waals surface area contributed by atoms with Gasteiger partial charge in [0, 0.05) is 5.41 Å². The lowest BCUT2D eigenvalue weighted by atomic mass is 9.92. The Balaban J connectivity index is 2.06. The molecule has 1 aromatic heterocycles. The van der Waals surface area contributed by atoms with E-state index < -0.39 is 5.97 Å². The summed E-state index contributed by atoms with van der Waals surface area (Å²) in [5.74, 6) is -0.775. The summed E-state index contributed by atoms with van der Waals surface area (Å²) in [5, 5.41) is 8.90. The number of benzene rings is 1. The number of carboxylic acid groups (broad SMARTS) is 1. The SMILES string of the molecule is O=C(O)CC1(c2ccc3oc(=O)sc3c2)CC1. The number of rotatable bonds is 3. The third-order valence-corrected chi connectivity index (χ3v) is 4.07. The standard InChI is InChI=1S/C12H10O4S/c13-10(14)6-12(3-4-12)7-1-2-8-9(5-7)17-11(15)16-8/h1-2,5H,3-4,6H2,(H,13,14). The van der Waals surface area contributed by atoms with Gasteiger partial charge in [-0.25, -0.2) is 4.79 Å². The smallest absolute Gasteiger partial charge is 0.396 e. The third-order valence-electron chi connectivity index (χ3n) is 3.29. The van der Waals surface area contributed by atoms with Gasteiger partial charge in [-0.15, -0.1) is 0 Å². The molecule has 2 aromatic rings. The molecule has 1 fully saturated rings. The molecule has 0 amide bonds. The maximum atomic E-state index is 11.1. The van der Waals surface area contributed by atoms with Crippen molar-refractivity contribution in [2.24, 2.45) is 0 Å². The van der Waals surface area contributed by atoms with E-state index in [0.717, 1.165) is 34.4 Å². The second-order valence-electron chi connectivity index (χ2n) is 4.47. The lowest BCUT2D eigenvalue weighted by Crippen LogP contribution is -2.12. The van der Waals surface area contributed by atoms with E-state index in [9.17, 15) is 9.59 Å². The van der Waals surface area contributed by atoms with E-state index in [4.69, 9.17) is 9.52 Å². The van der Waals surface area contributed by atoms with Crippen molar-refractivity contribution in [1.29, 1.82) is 0 Å². The lowest BCUT2D eigenvalue weighted by molar-refractivity contribution is -0.137. The summed E-state index contributed by atoms with van der Waals surface area (Å²) in [6.45, 7) is 0. The van der Waals surface area contributed by atoms with Crippen LogP contribution in [0.5, 0.6) is 0 Å². The van der Waals surface area contributed by atoms with Crippen LogP contribution in [0.4, 0.5) is 0 Å². The predicted molar refractivity (Wildman–Crippen MR) is 63.5 cm³/mol. The van der Waals surface area contributed by atoms with Crippen LogP contribution < -0.4 is 4.94 Å². The van der Waals surface area contributed by atoms with Crippen LogP contribution in [0.2, 0.25) is 0 Å². The predicted octanol–water partition coefficient (Wildman–Crippen LogP) is 2.36. The first-order valence-electron chi connectivity index (χ1n) is 5.35. The summed E-state index contributed by atoms with van der Waals surface area (Å²) >= 11 is 1.06. The molecule has 0 spiro atoms. The summed E-state index contributed by atoms with van der Waals surface area (Å²) in [4.78, 5) is 21.6. The topological polar surface area (TPSA) is 67.5 Å². The van der Waals surface area contributed by atoms with Crippen LogP contribution >= 0.6 is 11.3 Å². The van der Waals surface area contributed by atoms with Crippen molar-refractivity contribution in [2.75, 3.05) is 0 Å². The van der Waals surface area contributed by atoms with Crippen LogP contribution in [-0.2, 0) is 10.2 Å². The fraction of sp³-hybridized carbons (Fsp3) is 0.333. The highest BCUT2D eigenvalue weighted by atomic mass is 32.1. The lowest BCUT2D eigenvalue weighted by Gasteiger charge is -2.12. The Bertz CT molecular complexity index is 648. The highest BCUT2D eigenvalue weighted by Gasteiger charge is 2.46. The van der Waals surface area contributed by atoms with E-state index in [1.807, 2.05) is 12.1 Å². The van der Waals surface area contributed by atoms with Crippen molar-refractivity contribution in [2.45, 2.75) is 24.7 Å². The number of carboxylic acids is 1. The minimum atomic E-state index is -0.775. The van der Waals surface area contributed by atoms with Gasteiger partial charge in [0.15, 0.2) is 0 Å². The molecule has 0 aliphatic heterocycles. The van der Waals surface area contributed by atoms with Gasteiger partial charge in [-0.1, -0.05) is 17.4 Å². The number of fused-ring (bicyclic) bond motifs is 1. The Morgan fingerprint density at radius 3 is 2.88 bits per heavy atom. The van der Waals surface area contributed by atoms with Gasteiger partial charge in [-0.05, 0) is 30.5 Å². The quantitative estimate of drug-likeness (QED) is 0.908. The van der Waals surface area contributed by atoms with Crippen LogP contribution in [0.3, 0.4) is 0 Å². The molecule has 5 heteroatoms. The average molecular weight is 250 g/mol. The van der Waals surface area contributed by atoms with Gasteiger partial charge in [0.25, 0.3) is 0 Å².